The number of aromatic nitrogens is 1. The molecule has 106 valence electrons. The molecule has 0 aliphatic heterocycles. The molecule has 8 heteroatoms. The summed E-state index contributed by atoms with van der Waals surface area (Å²) < 4.78 is 43.1. The van der Waals surface area contributed by atoms with Crippen molar-refractivity contribution in [1.82, 2.24) is 4.98 Å². The molecular weight excluding hydrogens is 263 g/mol. The summed E-state index contributed by atoms with van der Waals surface area (Å²) in [4.78, 5) is 3.38. The zero-order chi connectivity index (χ0) is 14.8. The zero-order valence-electron chi connectivity index (χ0n) is 10.6. The van der Waals surface area contributed by atoms with Crippen LogP contribution < -0.4 is 10.5 Å². The summed E-state index contributed by atoms with van der Waals surface area (Å²) >= 11 is 0. The first-order valence-electron chi connectivity index (χ1n) is 5.30. The van der Waals surface area contributed by atoms with Crippen LogP contribution in [0, 0.1) is 0 Å². The lowest BCUT2D eigenvalue weighted by atomic mass is 10.1. The monoisotopic (exact) mass is 277 g/mol. The van der Waals surface area contributed by atoms with Gasteiger partial charge in [0.1, 0.15) is 11.3 Å². The van der Waals surface area contributed by atoms with Gasteiger partial charge in [0.25, 0.3) is 0 Å². The van der Waals surface area contributed by atoms with Crippen molar-refractivity contribution in [2.75, 3.05) is 0 Å². The first-order chi connectivity index (χ1) is 8.54. The number of rotatable bonds is 2. The Morgan fingerprint density at radius 1 is 1.32 bits per heavy atom. The van der Waals surface area contributed by atoms with Gasteiger partial charge in [0.05, 0.1) is 5.56 Å². The number of halogens is 3. The number of pyridine rings is 1. The molecule has 5 nitrogen and oxygen atoms in total. The van der Waals surface area contributed by atoms with Crippen LogP contribution in [0.3, 0.4) is 0 Å². The van der Waals surface area contributed by atoms with Crippen molar-refractivity contribution in [3.8, 4) is 5.88 Å². The molecule has 0 atom stereocenters. The highest BCUT2D eigenvalue weighted by atomic mass is 19.4. The largest absolute Gasteiger partial charge is 0.471 e. The lowest BCUT2D eigenvalue weighted by Crippen LogP contribution is -2.27. The van der Waals surface area contributed by atoms with Gasteiger partial charge in [-0.15, -0.1) is 0 Å². The van der Waals surface area contributed by atoms with E-state index in [0.717, 1.165) is 12.1 Å². The van der Waals surface area contributed by atoms with E-state index in [1.165, 1.54) is 0 Å². The van der Waals surface area contributed by atoms with Crippen LogP contribution in [-0.4, -0.2) is 21.6 Å². The highest BCUT2D eigenvalue weighted by Gasteiger charge is 2.34. The predicted octanol–water partition coefficient (Wildman–Crippen LogP) is 2.37. The molecule has 1 aromatic heterocycles. The van der Waals surface area contributed by atoms with Gasteiger partial charge in [0, 0.05) is 0 Å². The Morgan fingerprint density at radius 2 is 1.89 bits per heavy atom. The van der Waals surface area contributed by atoms with Crippen molar-refractivity contribution in [3.05, 3.63) is 23.4 Å². The lowest BCUT2D eigenvalue weighted by molar-refractivity contribution is -0.141. The van der Waals surface area contributed by atoms with Crippen LogP contribution in [0.15, 0.2) is 17.3 Å². The summed E-state index contributed by atoms with van der Waals surface area (Å²) in [7, 11) is 0. The van der Waals surface area contributed by atoms with Gasteiger partial charge in [-0.3, -0.25) is 0 Å². The van der Waals surface area contributed by atoms with Crippen molar-refractivity contribution in [2.24, 2.45) is 10.9 Å². The van der Waals surface area contributed by atoms with Gasteiger partial charge in [-0.25, -0.2) is 4.98 Å². The molecule has 1 heterocycles. The minimum absolute atomic E-state index is 0.00887. The van der Waals surface area contributed by atoms with Crippen molar-refractivity contribution in [1.29, 1.82) is 0 Å². The maximum Gasteiger partial charge on any atom is 0.433 e. The highest BCUT2D eigenvalue weighted by molar-refractivity contribution is 5.99. The first kappa shape index (κ1) is 15.1. The molecule has 19 heavy (non-hydrogen) atoms. The van der Waals surface area contributed by atoms with Gasteiger partial charge < -0.3 is 15.7 Å². The van der Waals surface area contributed by atoms with Crippen LogP contribution in [0.1, 0.15) is 32.0 Å². The topological polar surface area (TPSA) is 80.7 Å². The maximum absolute atomic E-state index is 12.6. The fourth-order valence-electron chi connectivity index (χ4n) is 1.21. The SMILES string of the molecule is CC(C)(C)Oc1nc(C(F)(F)F)ccc1C(N)=NO. The number of amidine groups is 1. The van der Waals surface area contributed by atoms with Crippen molar-refractivity contribution in [3.63, 3.8) is 0 Å². The smallest absolute Gasteiger partial charge is 0.433 e. The third-order valence-corrected chi connectivity index (χ3v) is 1.94. The van der Waals surface area contributed by atoms with Crippen LogP contribution in [0.5, 0.6) is 5.88 Å². The van der Waals surface area contributed by atoms with E-state index in [1.54, 1.807) is 20.8 Å². The van der Waals surface area contributed by atoms with Crippen LogP contribution in [0.2, 0.25) is 0 Å². The number of oxime groups is 1. The Morgan fingerprint density at radius 3 is 2.32 bits per heavy atom. The fraction of sp³-hybridized carbons (Fsp3) is 0.455. The third kappa shape index (κ3) is 4.01. The number of nitrogens with two attached hydrogens (primary N) is 1. The van der Waals surface area contributed by atoms with E-state index in [4.69, 9.17) is 15.7 Å². The van der Waals surface area contributed by atoms with E-state index in [1.807, 2.05) is 0 Å². The molecule has 0 saturated heterocycles. The lowest BCUT2D eigenvalue weighted by Gasteiger charge is -2.22. The van der Waals surface area contributed by atoms with Gasteiger partial charge in [-0.05, 0) is 32.9 Å². The molecule has 0 aliphatic rings. The standard InChI is InChI=1S/C11H14F3N3O2/c1-10(2,3)19-9-6(8(15)17-18)4-5-7(16-9)11(12,13)14/h4-5,18H,1-3H3,(H2,15,17). The van der Waals surface area contributed by atoms with Crippen LogP contribution in [-0.2, 0) is 6.18 Å². The maximum atomic E-state index is 12.6. The second-order valence-corrected chi connectivity index (χ2v) is 4.75. The van der Waals surface area contributed by atoms with E-state index in [9.17, 15) is 13.2 Å². The summed E-state index contributed by atoms with van der Waals surface area (Å²) in [6.07, 6.45) is -4.60. The van der Waals surface area contributed by atoms with Gasteiger partial charge in [-0.1, -0.05) is 5.16 Å². The number of alkyl halides is 3. The Labute approximate surface area is 107 Å². The fourth-order valence-corrected chi connectivity index (χ4v) is 1.21. The van der Waals surface area contributed by atoms with Gasteiger partial charge in [-0.2, -0.15) is 13.2 Å². The molecule has 1 aromatic rings. The van der Waals surface area contributed by atoms with E-state index in [-0.39, 0.29) is 17.3 Å². The van der Waals surface area contributed by atoms with Gasteiger partial charge >= 0.3 is 6.18 Å². The van der Waals surface area contributed by atoms with Gasteiger partial charge in [0.15, 0.2) is 5.84 Å². The number of hydrogen-bond donors (Lipinski definition) is 2. The Balaban J connectivity index is 3.35. The molecule has 1 rings (SSSR count). The summed E-state index contributed by atoms with van der Waals surface area (Å²) in [6.45, 7) is 4.93. The second kappa shape index (κ2) is 4.94. The Bertz CT molecular complexity index is 493. The molecule has 0 bridgehead atoms. The summed E-state index contributed by atoms with van der Waals surface area (Å²) in [5, 5.41) is 11.3. The highest BCUT2D eigenvalue weighted by Crippen LogP contribution is 2.31. The molecular formula is C11H14F3N3O2. The Kier molecular flexibility index (Phi) is 3.92. The van der Waals surface area contributed by atoms with Gasteiger partial charge in [0.2, 0.25) is 5.88 Å². The minimum atomic E-state index is -4.60. The molecule has 3 N–H and O–H groups in total. The van der Waals surface area contributed by atoms with Crippen molar-refractivity contribution < 1.29 is 23.1 Å². The summed E-state index contributed by atoms with van der Waals surface area (Å²) in [5.41, 5.74) is 3.48. The van der Waals surface area contributed by atoms with Crippen LogP contribution in [0.25, 0.3) is 0 Å². The predicted molar refractivity (Wildman–Crippen MR) is 62.1 cm³/mol. The van der Waals surface area contributed by atoms with E-state index >= 15 is 0 Å². The van der Waals surface area contributed by atoms with Crippen molar-refractivity contribution >= 4 is 5.84 Å². The molecule has 0 fully saturated rings. The van der Waals surface area contributed by atoms with E-state index in [0.29, 0.717) is 0 Å². The molecule has 0 amide bonds. The Hall–Kier alpha value is -1.99. The number of nitrogens with zero attached hydrogens (tertiary/aromatic N) is 2. The van der Waals surface area contributed by atoms with E-state index < -0.39 is 17.5 Å². The quantitative estimate of drug-likeness (QED) is 0.376. The normalized spacial score (nSPS) is 13.5. The van der Waals surface area contributed by atoms with Crippen molar-refractivity contribution in [2.45, 2.75) is 32.5 Å². The zero-order valence-corrected chi connectivity index (χ0v) is 10.6. The second-order valence-electron chi connectivity index (χ2n) is 4.75. The molecule has 0 saturated carbocycles. The third-order valence-electron chi connectivity index (χ3n) is 1.94. The number of hydrogen-bond acceptors (Lipinski definition) is 4. The summed E-state index contributed by atoms with van der Waals surface area (Å²) in [5.74, 6) is -0.710. The van der Waals surface area contributed by atoms with Crippen LogP contribution in [0.4, 0.5) is 13.2 Å². The minimum Gasteiger partial charge on any atom is -0.471 e. The van der Waals surface area contributed by atoms with Crippen LogP contribution >= 0.6 is 0 Å². The molecule has 0 aliphatic carbocycles. The first-order valence-corrected chi connectivity index (χ1v) is 5.30. The molecule has 0 spiro atoms. The summed E-state index contributed by atoms with van der Waals surface area (Å²) in [6, 6.07) is 1.79. The average Bonchev–Trinajstić information content (AvgIpc) is 2.24. The average molecular weight is 277 g/mol. The van der Waals surface area contributed by atoms with E-state index in [2.05, 4.69) is 10.1 Å². The molecule has 0 aromatic carbocycles. The molecule has 0 radical (unpaired) electrons. The molecule has 0 unspecified atom stereocenters. The number of ether oxygens (including phenoxy) is 1.